The van der Waals surface area contributed by atoms with Gasteiger partial charge in [0.25, 0.3) is 11.8 Å². The van der Waals surface area contributed by atoms with E-state index in [1.165, 1.54) is 12.3 Å². The number of primary amides is 1. The number of carbonyl (C=O) groups excluding carboxylic acids is 3. The molecule has 1 fully saturated rings. The molecule has 168 valence electrons. The summed E-state index contributed by atoms with van der Waals surface area (Å²) in [6, 6.07) is 4.07. The Balaban J connectivity index is 1.84. The van der Waals surface area contributed by atoms with Crippen molar-refractivity contribution in [3.63, 3.8) is 0 Å². The van der Waals surface area contributed by atoms with Gasteiger partial charge in [0.05, 0.1) is 12.1 Å². The Morgan fingerprint density at radius 2 is 1.97 bits per heavy atom. The number of hydrogen-bond donors (Lipinski definition) is 2. The molecule has 1 aromatic heterocycles. The molecule has 3 rings (SSSR count). The van der Waals surface area contributed by atoms with Gasteiger partial charge in [-0.25, -0.2) is 13.6 Å². The Morgan fingerprint density at radius 3 is 2.58 bits per heavy atom. The number of nitrogens with zero attached hydrogens (tertiary/aromatic N) is 2. The number of benzene rings is 1. The SMILES string of the molecule is CC(C)(C)OC(=O)Cn1cc(C(N)=O)c2cc(NC(=O)N3CCCC(F)(F)C3)ccc21. The first kappa shape index (κ1) is 22.5. The van der Waals surface area contributed by atoms with E-state index < -0.39 is 36.0 Å². The number of aromatic nitrogens is 1. The van der Waals surface area contributed by atoms with Crippen molar-refractivity contribution in [1.82, 2.24) is 9.47 Å². The molecule has 8 nitrogen and oxygen atoms in total. The molecule has 0 spiro atoms. The number of esters is 1. The maximum atomic E-state index is 13.6. The number of urea groups is 1. The highest BCUT2D eigenvalue weighted by atomic mass is 19.3. The van der Waals surface area contributed by atoms with Crippen LogP contribution in [0, 0.1) is 0 Å². The number of fused-ring (bicyclic) bond motifs is 1. The van der Waals surface area contributed by atoms with Crippen LogP contribution in [0.3, 0.4) is 0 Å². The maximum absolute atomic E-state index is 13.6. The van der Waals surface area contributed by atoms with Crippen molar-refractivity contribution in [2.45, 2.75) is 51.7 Å². The molecule has 0 aliphatic carbocycles. The van der Waals surface area contributed by atoms with Crippen LogP contribution in [-0.2, 0) is 16.1 Å². The molecule has 3 amide bonds. The zero-order valence-corrected chi connectivity index (χ0v) is 17.7. The van der Waals surface area contributed by atoms with Crippen molar-refractivity contribution >= 4 is 34.5 Å². The van der Waals surface area contributed by atoms with E-state index in [4.69, 9.17) is 10.5 Å². The number of carbonyl (C=O) groups is 3. The quantitative estimate of drug-likeness (QED) is 0.717. The molecule has 1 aliphatic rings. The third kappa shape index (κ3) is 5.50. The van der Waals surface area contributed by atoms with Gasteiger partial charge in [-0.2, -0.15) is 0 Å². The number of likely N-dealkylation sites (tertiary alicyclic amines) is 1. The van der Waals surface area contributed by atoms with Crippen LogP contribution in [0.15, 0.2) is 24.4 Å². The molecule has 0 saturated carbocycles. The van der Waals surface area contributed by atoms with Crippen LogP contribution in [0.4, 0.5) is 19.3 Å². The third-order valence-corrected chi connectivity index (χ3v) is 4.80. The number of anilines is 1. The van der Waals surface area contributed by atoms with Crippen LogP contribution in [-0.4, -0.2) is 52.0 Å². The monoisotopic (exact) mass is 436 g/mol. The van der Waals surface area contributed by atoms with Gasteiger partial charge in [0.1, 0.15) is 12.1 Å². The van der Waals surface area contributed by atoms with E-state index in [0.717, 1.165) is 4.90 Å². The predicted molar refractivity (Wildman–Crippen MR) is 111 cm³/mol. The summed E-state index contributed by atoms with van der Waals surface area (Å²) in [5.74, 6) is -4.09. The highest BCUT2D eigenvalue weighted by molar-refractivity contribution is 6.07. The Bertz CT molecular complexity index is 1030. The largest absolute Gasteiger partial charge is 0.459 e. The van der Waals surface area contributed by atoms with Crippen molar-refractivity contribution in [2.24, 2.45) is 5.73 Å². The number of amides is 3. The van der Waals surface area contributed by atoms with E-state index in [2.05, 4.69) is 5.32 Å². The second-order valence-corrected chi connectivity index (χ2v) is 8.66. The molecule has 2 heterocycles. The fourth-order valence-electron chi connectivity index (χ4n) is 3.56. The minimum Gasteiger partial charge on any atom is -0.459 e. The van der Waals surface area contributed by atoms with Crippen molar-refractivity contribution in [3.05, 3.63) is 30.0 Å². The van der Waals surface area contributed by atoms with Crippen molar-refractivity contribution in [3.8, 4) is 0 Å². The lowest BCUT2D eigenvalue weighted by molar-refractivity contribution is -0.155. The smallest absolute Gasteiger partial charge is 0.326 e. The van der Waals surface area contributed by atoms with Crippen LogP contribution in [0.2, 0.25) is 0 Å². The second kappa shape index (κ2) is 8.16. The molecule has 0 unspecified atom stereocenters. The zero-order chi connectivity index (χ0) is 23.0. The van der Waals surface area contributed by atoms with Crippen LogP contribution in [0.1, 0.15) is 44.0 Å². The highest BCUT2D eigenvalue weighted by Crippen LogP contribution is 2.28. The molecule has 31 heavy (non-hydrogen) atoms. The van der Waals surface area contributed by atoms with Crippen LogP contribution >= 0.6 is 0 Å². The molecule has 1 aromatic carbocycles. The number of hydrogen-bond acceptors (Lipinski definition) is 4. The van der Waals surface area contributed by atoms with Gasteiger partial charge in [0, 0.05) is 35.8 Å². The van der Waals surface area contributed by atoms with Crippen LogP contribution in [0.25, 0.3) is 10.9 Å². The van der Waals surface area contributed by atoms with E-state index in [-0.39, 0.29) is 31.5 Å². The summed E-state index contributed by atoms with van der Waals surface area (Å²) in [5, 5.41) is 3.02. The molecule has 0 radical (unpaired) electrons. The lowest BCUT2D eigenvalue weighted by Crippen LogP contribution is -2.47. The first-order chi connectivity index (χ1) is 14.3. The summed E-state index contributed by atoms with van der Waals surface area (Å²) in [4.78, 5) is 37.6. The van der Waals surface area contributed by atoms with Gasteiger partial charge in [0.2, 0.25) is 0 Å². The molecule has 10 heteroatoms. The van der Waals surface area contributed by atoms with Crippen molar-refractivity contribution in [2.75, 3.05) is 18.4 Å². The molecule has 1 aliphatic heterocycles. The molecular formula is C21H26F2N4O4. The summed E-state index contributed by atoms with van der Waals surface area (Å²) in [5.41, 5.74) is 5.85. The van der Waals surface area contributed by atoms with Gasteiger partial charge in [-0.05, 0) is 45.4 Å². The predicted octanol–water partition coefficient (Wildman–Crippen LogP) is 3.34. The summed E-state index contributed by atoms with van der Waals surface area (Å²) in [6.07, 6.45) is 1.43. The Hall–Kier alpha value is -3.17. The number of nitrogens with one attached hydrogen (secondary N) is 1. The van der Waals surface area contributed by atoms with Crippen molar-refractivity contribution < 1.29 is 27.9 Å². The highest BCUT2D eigenvalue weighted by Gasteiger charge is 2.37. The average molecular weight is 436 g/mol. The van der Waals surface area contributed by atoms with Gasteiger partial charge >= 0.3 is 12.0 Å². The van der Waals surface area contributed by atoms with Gasteiger partial charge in [0.15, 0.2) is 0 Å². The Labute approximate surface area is 178 Å². The Morgan fingerprint density at radius 1 is 1.26 bits per heavy atom. The molecule has 1 saturated heterocycles. The fraction of sp³-hybridized carbons (Fsp3) is 0.476. The maximum Gasteiger partial charge on any atom is 0.326 e. The third-order valence-electron chi connectivity index (χ3n) is 4.80. The number of nitrogens with two attached hydrogens (primary N) is 1. The summed E-state index contributed by atoms with van der Waals surface area (Å²) < 4.78 is 34.1. The number of rotatable bonds is 4. The molecule has 0 atom stereocenters. The molecule has 0 bridgehead atoms. The lowest BCUT2D eigenvalue weighted by atomic mass is 10.1. The van der Waals surface area contributed by atoms with E-state index in [1.54, 1.807) is 37.5 Å². The Kier molecular flexibility index (Phi) is 5.93. The van der Waals surface area contributed by atoms with E-state index >= 15 is 0 Å². The second-order valence-electron chi connectivity index (χ2n) is 8.66. The first-order valence-electron chi connectivity index (χ1n) is 9.93. The van der Waals surface area contributed by atoms with E-state index in [0.29, 0.717) is 16.6 Å². The van der Waals surface area contributed by atoms with Gasteiger partial charge in [-0.15, -0.1) is 0 Å². The number of ether oxygens (including phenoxy) is 1. The normalized spacial score (nSPS) is 16.2. The average Bonchev–Trinajstić information content (AvgIpc) is 2.97. The number of halogens is 2. The number of alkyl halides is 2. The van der Waals surface area contributed by atoms with Gasteiger partial charge < -0.3 is 25.3 Å². The van der Waals surface area contributed by atoms with E-state index in [9.17, 15) is 23.2 Å². The zero-order valence-electron chi connectivity index (χ0n) is 17.7. The molecule has 3 N–H and O–H groups in total. The molecular weight excluding hydrogens is 410 g/mol. The van der Waals surface area contributed by atoms with Gasteiger partial charge in [-0.3, -0.25) is 9.59 Å². The van der Waals surface area contributed by atoms with Crippen molar-refractivity contribution in [1.29, 1.82) is 0 Å². The number of piperidine rings is 1. The first-order valence-corrected chi connectivity index (χ1v) is 9.93. The summed E-state index contributed by atoms with van der Waals surface area (Å²) >= 11 is 0. The van der Waals surface area contributed by atoms with Crippen LogP contribution in [0.5, 0.6) is 0 Å². The van der Waals surface area contributed by atoms with Gasteiger partial charge in [-0.1, -0.05) is 0 Å². The minimum absolute atomic E-state index is 0.129. The van der Waals surface area contributed by atoms with E-state index in [1.807, 2.05) is 0 Å². The molecule has 2 aromatic rings. The summed E-state index contributed by atoms with van der Waals surface area (Å²) in [6.45, 7) is 4.72. The minimum atomic E-state index is -2.91. The summed E-state index contributed by atoms with van der Waals surface area (Å²) in [7, 11) is 0. The lowest BCUT2D eigenvalue weighted by Gasteiger charge is -2.32. The standard InChI is InChI=1S/C21H26F2N4O4/c1-20(2,3)31-17(28)11-27-10-15(18(24)29)14-9-13(5-6-16(14)27)25-19(30)26-8-4-7-21(22,23)12-26/h5-6,9-10H,4,7-8,11-12H2,1-3H3,(H2,24,29)(H,25,30). The topological polar surface area (TPSA) is 107 Å². The van der Waals surface area contributed by atoms with Crippen LogP contribution < -0.4 is 11.1 Å². The fourth-order valence-corrected chi connectivity index (χ4v) is 3.56.